The number of benzene rings is 2. The average Bonchev–Trinajstić information content (AvgIpc) is 2.55. The molecule has 1 heterocycles. The van der Waals surface area contributed by atoms with E-state index in [0.717, 1.165) is 38.3 Å². The molecule has 0 spiro atoms. The third kappa shape index (κ3) is 3.80. The second kappa shape index (κ2) is 7.22. The zero-order chi connectivity index (χ0) is 17.3. The molecule has 0 aromatic heterocycles. The van der Waals surface area contributed by atoms with Gasteiger partial charge in [-0.25, -0.2) is 0 Å². The summed E-state index contributed by atoms with van der Waals surface area (Å²) >= 11 is 12.1. The Bertz CT molecular complexity index is 740. The first-order chi connectivity index (χ1) is 11.4. The predicted octanol–water partition coefficient (Wildman–Crippen LogP) is 3.22. The van der Waals surface area contributed by atoms with Crippen molar-refractivity contribution in [2.75, 3.05) is 31.1 Å². The molecule has 24 heavy (non-hydrogen) atoms. The summed E-state index contributed by atoms with van der Waals surface area (Å²) in [6.07, 6.45) is 0. The van der Waals surface area contributed by atoms with Crippen LogP contribution < -0.4 is 9.80 Å². The van der Waals surface area contributed by atoms with Crippen LogP contribution in [0.5, 0.6) is 5.75 Å². The van der Waals surface area contributed by atoms with Crippen LogP contribution in [0.25, 0.3) is 0 Å². The number of aryl methyl sites for hydroxylation is 2. The summed E-state index contributed by atoms with van der Waals surface area (Å²) in [5.74, 6) is 0.158. The van der Waals surface area contributed by atoms with Gasteiger partial charge in [-0.2, -0.15) is 0 Å². The minimum Gasteiger partial charge on any atom is -0.506 e. The van der Waals surface area contributed by atoms with Crippen LogP contribution >= 0.6 is 23.2 Å². The summed E-state index contributed by atoms with van der Waals surface area (Å²) in [5.41, 5.74) is 4.78. The normalized spacial score (nSPS) is 15.8. The van der Waals surface area contributed by atoms with Crippen LogP contribution in [0.1, 0.15) is 16.7 Å². The van der Waals surface area contributed by atoms with E-state index >= 15 is 0 Å². The van der Waals surface area contributed by atoms with Crippen LogP contribution in [-0.2, 0) is 6.54 Å². The number of hydrogen-bond acceptors (Lipinski definition) is 2. The fourth-order valence-corrected chi connectivity index (χ4v) is 3.86. The number of anilines is 1. The lowest BCUT2D eigenvalue weighted by Crippen LogP contribution is -3.13. The van der Waals surface area contributed by atoms with Crippen LogP contribution in [0.3, 0.4) is 0 Å². The summed E-state index contributed by atoms with van der Waals surface area (Å²) in [4.78, 5) is 3.89. The van der Waals surface area contributed by atoms with E-state index < -0.39 is 0 Å². The monoisotopic (exact) mass is 365 g/mol. The molecule has 2 N–H and O–H groups in total. The van der Waals surface area contributed by atoms with Gasteiger partial charge in [-0.1, -0.05) is 35.3 Å². The lowest BCUT2D eigenvalue weighted by molar-refractivity contribution is -0.914. The number of aromatic hydroxyl groups is 1. The number of hydrogen-bond donors (Lipinski definition) is 2. The van der Waals surface area contributed by atoms with Crippen LogP contribution in [0.15, 0.2) is 30.3 Å². The van der Waals surface area contributed by atoms with Crippen molar-refractivity contribution in [3.05, 3.63) is 57.1 Å². The van der Waals surface area contributed by atoms with Gasteiger partial charge in [-0.15, -0.1) is 0 Å². The lowest BCUT2D eigenvalue weighted by atomic mass is 10.1. The van der Waals surface area contributed by atoms with Gasteiger partial charge >= 0.3 is 0 Å². The number of rotatable bonds is 3. The Morgan fingerprint density at radius 2 is 1.79 bits per heavy atom. The molecule has 0 bridgehead atoms. The van der Waals surface area contributed by atoms with E-state index in [2.05, 4.69) is 36.9 Å². The fraction of sp³-hybridized carbons (Fsp3) is 0.368. The van der Waals surface area contributed by atoms with Crippen LogP contribution in [-0.4, -0.2) is 31.3 Å². The number of phenolic OH excluding ortho intramolecular Hbond substituents is 1. The SMILES string of the molecule is Cc1ccc(C)c(N2CC[NH+](Cc3cc(Cl)cc(Cl)c3O)CC2)c1. The quantitative estimate of drug-likeness (QED) is 0.873. The summed E-state index contributed by atoms with van der Waals surface area (Å²) in [6, 6.07) is 10.0. The third-order valence-corrected chi connectivity index (χ3v) is 5.23. The highest BCUT2D eigenvalue weighted by Gasteiger charge is 2.23. The van der Waals surface area contributed by atoms with E-state index in [0.29, 0.717) is 10.0 Å². The number of halogens is 2. The van der Waals surface area contributed by atoms with Crippen molar-refractivity contribution < 1.29 is 10.0 Å². The molecule has 2 aromatic rings. The molecule has 128 valence electrons. The molecular formula is C19H23Cl2N2O+. The van der Waals surface area contributed by atoms with Gasteiger partial charge in [0.05, 0.1) is 36.8 Å². The van der Waals surface area contributed by atoms with E-state index in [1.165, 1.54) is 21.7 Å². The largest absolute Gasteiger partial charge is 0.506 e. The maximum Gasteiger partial charge on any atom is 0.143 e. The number of nitrogens with one attached hydrogen (secondary N) is 1. The number of nitrogens with zero attached hydrogens (tertiary/aromatic N) is 1. The molecule has 0 unspecified atom stereocenters. The van der Waals surface area contributed by atoms with Gasteiger partial charge in [-0.05, 0) is 43.2 Å². The minimum atomic E-state index is 0.158. The van der Waals surface area contributed by atoms with Gasteiger partial charge in [-0.3, -0.25) is 0 Å². The standard InChI is InChI=1S/C19H22Cl2N2O/c1-13-3-4-14(2)18(9-13)23-7-5-22(6-8-23)12-15-10-16(20)11-17(21)19(15)24/h3-4,9-11,24H,5-8,12H2,1-2H3/p+1. The van der Waals surface area contributed by atoms with Gasteiger partial charge in [0.15, 0.2) is 0 Å². The highest BCUT2D eigenvalue weighted by atomic mass is 35.5. The van der Waals surface area contributed by atoms with Crippen molar-refractivity contribution in [1.29, 1.82) is 0 Å². The van der Waals surface area contributed by atoms with Crippen molar-refractivity contribution in [3.8, 4) is 5.75 Å². The molecule has 0 radical (unpaired) electrons. The lowest BCUT2D eigenvalue weighted by Gasteiger charge is -2.34. The van der Waals surface area contributed by atoms with Crippen molar-refractivity contribution in [3.63, 3.8) is 0 Å². The summed E-state index contributed by atoms with van der Waals surface area (Å²) in [5, 5.41) is 11.0. The highest BCUT2D eigenvalue weighted by Crippen LogP contribution is 2.30. The van der Waals surface area contributed by atoms with Gasteiger partial charge in [0, 0.05) is 10.7 Å². The Labute approximate surface area is 153 Å². The van der Waals surface area contributed by atoms with E-state index in [1.54, 1.807) is 6.07 Å². The highest BCUT2D eigenvalue weighted by molar-refractivity contribution is 6.35. The molecule has 3 rings (SSSR count). The molecule has 0 aliphatic carbocycles. The Balaban J connectivity index is 1.66. The molecule has 2 aromatic carbocycles. The van der Waals surface area contributed by atoms with E-state index in [1.807, 2.05) is 6.07 Å². The average molecular weight is 366 g/mol. The molecule has 1 aliphatic heterocycles. The second-order valence-corrected chi connectivity index (χ2v) is 7.44. The van der Waals surface area contributed by atoms with Crippen LogP contribution in [0, 0.1) is 13.8 Å². The van der Waals surface area contributed by atoms with Crippen molar-refractivity contribution in [1.82, 2.24) is 0 Å². The Morgan fingerprint density at radius 3 is 2.50 bits per heavy atom. The number of quaternary nitrogens is 1. The summed E-state index contributed by atoms with van der Waals surface area (Å²) in [6.45, 7) is 9.11. The number of piperazine rings is 1. The molecule has 1 saturated heterocycles. The first kappa shape index (κ1) is 17.4. The predicted molar refractivity (Wildman–Crippen MR) is 101 cm³/mol. The van der Waals surface area contributed by atoms with Crippen LogP contribution in [0.2, 0.25) is 10.0 Å². The summed E-state index contributed by atoms with van der Waals surface area (Å²) < 4.78 is 0. The van der Waals surface area contributed by atoms with Crippen LogP contribution in [0.4, 0.5) is 5.69 Å². The van der Waals surface area contributed by atoms with Gasteiger partial charge in [0.25, 0.3) is 0 Å². The van der Waals surface area contributed by atoms with Gasteiger partial charge in [0.1, 0.15) is 12.3 Å². The third-order valence-electron chi connectivity index (χ3n) is 4.72. The first-order valence-corrected chi connectivity index (χ1v) is 9.02. The second-order valence-electron chi connectivity index (χ2n) is 6.60. The smallest absolute Gasteiger partial charge is 0.143 e. The Hall–Kier alpha value is -1.42. The molecule has 5 heteroatoms. The van der Waals surface area contributed by atoms with Gasteiger partial charge < -0.3 is 14.9 Å². The van der Waals surface area contributed by atoms with Gasteiger partial charge in [0.2, 0.25) is 0 Å². The number of phenols is 1. The maximum atomic E-state index is 10.1. The maximum absolute atomic E-state index is 10.1. The topological polar surface area (TPSA) is 27.9 Å². The molecule has 1 fully saturated rings. The molecular weight excluding hydrogens is 343 g/mol. The first-order valence-electron chi connectivity index (χ1n) is 8.26. The molecule has 0 saturated carbocycles. The minimum absolute atomic E-state index is 0.158. The van der Waals surface area contributed by atoms with Crippen molar-refractivity contribution in [2.45, 2.75) is 20.4 Å². The molecule has 0 amide bonds. The zero-order valence-electron chi connectivity index (χ0n) is 14.1. The Morgan fingerprint density at radius 1 is 1.08 bits per heavy atom. The zero-order valence-corrected chi connectivity index (χ0v) is 15.6. The van der Waals surface area contributed by atoms with Crippen molar-refractivity contribution in [2.24, 2.45) is 0 Å². The van der Waals surface area contributed by atoms with Crippen molar-refractivity contribution >= 4 is 28.9 Å². The molecule has 0 atom stereocenters. The van der Waals surface area contributed by atoms with E-state index in [-0.39, 0.29) is 5.75 Å². The molecule has 3 nitrogen and oxygen atoms in total. The van der Waals surface area contributed by atoms with E-state index in [9.17, 15) is 5.11 Å². The Kier molecular flexibility index (Phi) is 5.24. The fourth-order valence-electron chi connectivity index (χ4n) is 3.32. The summed E-state index contributed by atoms with van der Waals surface area (Å²) in [7, 11) is 0. The molecule has 1 aliphatic rings. The van der Waals surface area contributed by atoms with E-state index in [4.69, 9.17) is 23.2 Å².